The zero-order valence-corrected chi connectivity index (χ0v) is 17.9. The molecule has 0 saturated heterocycles. The number of aryl methyl sites for hydroxylation is 2. The van der Waals surface area contributed by atoms with Gasteiger partial charge in [0, 0.05) is 18.1 Å². The van der Waals surface area contributed by atoms with Crippen molar-refractivity contribution in [3.05, 3.63) is 43.6 Å². The fourth-order valence-electron chi connectivity index (χ4n) is 3.22. The van der Waals surface area contributed by atoms with Crippen LogP contribution in [0.4, 0.5) is 19.0 Å². The van der Waals surface area contributed by atoms with Crippen LogP contribution in [0.2, 0.25) is 5.02 Å². The quantitative estimate of drug-likeness (QED) is 0.451. The molecular weight excluding hydrogens is 461 g/mol. The first-order valence-electron chi connectivity index (χ1n) is 8.82. The molecule has 0 radical (unpaired) electrons. The van der Waals surface area contributed by atoms with Crippen molar-refractivity contribution in [1.29, 1.82) is 0 Å². The van der Waals surface area contributed by atoms with Crippen molar-refractivity contribution in [2.24, 2.45) is 7.05 Å². The van der Waals surface area contributed by atoms with E-state index in [2.05, 4.69) is 15.3 Å². The highest BCUT2D eigenvalue weighted by Gasteiger charge is 2.31. The highest BCUT2D eigenvalue weighted by molar-refractivity contribution is 7.99. The van der Waals surface area contributed by atoms with Crippen molar-refractivity contribution in [2.75, 3.05) is 11.1 Å². The smallest absolute Gasteiger partial charge is 0.309 e. The minimum Gasteiger partial charge on any atom is -0.309 e. The monoisotopic (exact) mass is 474 g/mol. The zero-order chi connectivity index (χ0) is 21.6. The number of anilines is 1. The lowest BCUT2D eigenvalue weighted by molar-refractivity contribution is -0.137. The maximum atomic E-state index is 12.8. The molecule has 0 atom stereocenters. The number of carbonyl (C=O) groups is 1. The Hall–Kier alpha value is -2.11. The summed E-state index contributed by atoms with van der Waals surface area (Å²) in [6, 6.07) is 0.701. The Morgan fingerprint density at radius 3 is 2.87 bits per heavy atom. The van der Waals surface area contributed by atoms with Crippen molar-refractivity contribution in [3.63, 3.8) is 0 Å². The molecular formula is C18H14ClF3N4O2S2. The third-order valence-corrected chi connectivity index (χ3v) is 7.17. The molecule has 3 aromatic rings. The molecule has 0 aromatic carbocycles. The van der Waals surface area contributed by atoms with Gasteiger partial charge in [-0.25, -0.2) is 9.97 Å². The van der Waals surface area contributed by atoms with Gasteiger partial charge in [-0.2, -0.15) is 13.2 Å². The molecule has 3 aromatic heterocycles. The average Bonchev–Trinajstić information content (AvgIpc) is 3.25. The number of thioether (sulfide) groups is 1. The SMILES string of the molecule is Cn1c(SCC(=O)Nc2ncc(C(F)(F)F)cc2Cl)nc2sc3c(c2c1=O)CCC3. The van der Waals surface area contributed by atoms with Gasteiger partial charge >= 0.3 is 6.18 Å². The van der Waals surface area contributed by atoms with Crippen LogP contribution < -0.4 is 10.9 Å². The lowest BCUT2D eigenvalue weighted by atomic mass is 10.2. The number of nitrogens with one attached hydrogen (secondary N) is 1. The van der Waals surface area contributed by atoms with Crippen LogP contribution >= 0.6 is 34.7 Å². The van der Waals surface area contributed by atoms with Gasteiger partial charge in [-0.1, -0.05) is 23.4 Å². The van der Waals surface area contributed by atoms with Gasteiger partial charge in [0.15, 0.2) is 11.0 Å². The molecule has 12 heteroatoms. The summed E-state index contributed by atoms with van der Waals surface area (Å²) in [5.74, 6) is -0.810. The molecule has 1 N–H and O–H groups in total. The van der Waals surface area contributed by atoms with E-state index in [1.807, 2.05) is 0 Å². The summed E-state index contributed by atoms with van der Waals surface area (Å²) in [5, 5.41) is 3.10. The van der Waals surface area contributed by atoms with E-state index < -0.39 is 17.6 Å². The number of nitrogens with zero attached hydrogens (tertiary/aromatic N) is 3. The van der Waals surface area contributed by atoms with Crippen LogP contribution in [0.3, 0.4) is 0 Å². The number of aromatic nitrogens is 3. The van der Waals surface area contributed by atoms with Crippen LogP contribution in [-0.2, 0) is 30.9 Å². The van der Waals surface area contributed by atoms with Crippen molar-refractivity contribution in [1.82, 2.24) is 14.5 Å². The molecule has 0 fully saturated rings. The summed E-state index contributed by atoms with van der Waals surface area (Å²) in [7, 11) is 1.60. The van der Waals surface area contributed by atoms with Crippen molar-refractivity contribution >= 4 is 56.6 Å². The largest absolute Gasteiger partial charge is 0.417 e. The number of halogens is 4. The summed E-state index contributed by atoms with van der Waals surface area (Å²) in [5.41, 5.74) is -0.0645. The third-order valence-electron chi connectivity index (χ3n) is 4.66. The Bertz CT molecular complexity index is 1220. The lowest BCUT2D eigenvalue weighted by Gasteiger charge is -2.10. The van der Waals surface area contributed by atoms with E-state index in [0.29, 0.717) is 27.6 Å². The molecule has 3 heterocycles. The Balaban J connectivity index is 1.49. The van der Waals surface area contributed by atoms with E-state index in [1.165, 1.54) is 20.8 Å². The summed E-state index contributed by atoms with van der Waals surface area (Å²) in [6.07, 6.45) is -1.11. The number of alkyl halides is 3. The molecule has 30 heavy (non-hydrogen) atoms. The summed E-state index contributed by atoms with van der Waals surface area (Å²) >= 11 is 8.36. The molecule has 1 aliphatic carbocycles. The number of thiophene rings is 1. The molecule has 6 nitrogen and oxygen atoms in total. The molecule has 4 rings (SSSR count). The second kappa shape index (κ2) is 7.86. The first kappa shape index (κ1) is 21.1. The summed E-state index contributed by atoms with van der Waals surface area (Å²) < 4.78 is 39.5. The number of amides is 1. The first-order valence-corrected chi connectivity index (χ1v) is 11.0. The number of rotatable bonds is 4. The number of carbonyl (C=O) groups excluding carboxylic acids is 1. The number of pyridine rings is 1. The van der Waals surface area contributed by atoms with Gasteiger partial charge in [0.05, 0.1) is 21.7 Å². The molecule has 158 valence electrons. The van der Waals surface area contributed by atoms with E-state index in [0.717, 1.165) is 36.6 Å². The van der Waals surface area contributed by atoms with E-state index in [9.17, 15) is 22.8 Å². The second-order valence-electron chi connectivity index (χ2n) is 6.69. The van der Waals surface area contributed by atoms with Gasteiger partial charge in [-0.3, -0.25) is 14.2 Å². The fraction of sp³-hybridized carbons (Fsp3) is 0.333. The van der Waals surface area contributed by atoms with Crippen LogP contribution in [0.25, 0.3) is 10.2 Å². The van der Waals surface area contributed by atoms with Gasteiger partial charge in [-0.15, -0.1) is 11.3 Å². The normalized spacial score (nSPS) is 13.6. The number of hydrogen-bond donors (Lipinski definition) is 1. The lowest BCUT2D eigenvalue weighted by Crippen LogP contribution is -2.21. The predicted molar refractivity (Wildman–Crippen MR) is 110 cm³/mol. The van der Waals surface area contributed by atoms with Crippen LogP contribution in [0.5, 0.6) is 0 Å². The van der Waals surface area contributed by atoms with Gasteiger partial charge in [0.2, 0.25) is 5.91 Å². The van der Waals surface area contributed by atoms with E-state index in [4.69, 9.17) is 11.6 Å². The van der Waals surface area contributed by atoms with Gasteiger partial charge < -0.3 is 5.32 Å². The fourth-order valence-corrected chi connectivity index (χ4v) is 5.51. The zero-order valence-electron chi connectivity index (χ0n) is 15.5. The summed E-state index contributed by atoms with van der Waals surface area (Å²) in [6.45, 7) is 0. The second-order valence-corrected chi connectivity index (χ2v) is 9.12. The molecule has 1 amide bonds. The van der Waals surface area contributed by atoms with E-state index in [-0.39, 0.29) is 22.2 Å². The molecule has 0 unspecified atom stereocenters. The van der Waals surface area contributed by atoms with Gasteiger partial charge in [-0.05, 0) is 30.9 Å². The topological polar surface area (TPSA) is 76.9 Å². The van der Waals surface area contributed by atoms with Crippen LogP contribution in [-0.4, -0.2) is 26.2 Å². The standard InChI is InChI=1S/C18H14ClF3N4O2S2/c1-26-16(28)13-9-3-2-4-11(9)30-15(13)25-17(26)29-7-12(27)24-14-10(19)5-8(6-23-14)18(20,21)22/h5-6H,2-4,7H2,1H3,(H,23,24,27). The highest BCUT2D eigenvalue weighted by atomic mass is 35.5. The Morgan fingerprint density at radius 1 is 1.40 bits per heavy atom. The van der Waals surface area contributed by atoms with Crippen molar-refractivity contribution < 1.29 is 18.0 Å². The predicted octanol–water partition coefficient (Wildman–Crippen LogP) is 4.28. The number of fused-ring (bicyclic) bond motifs is 3. The Kier molecular flexibility index (Phi) is 5.54. The van der Waals surface area contributed by atoms with Crippen LogP contribution in [0.1, 0.15) is 22.4 Å². The molecule has 0 aliphatic heterocycles. The molecule has 1 aliphatic rings. The van der Waals surface area contributed by atoms with Gasteiger partial charge in [0.1, 0.15) is 4.83 Å². The molecule has 0 bridgehead atoms. The van der Waals surface area contributed by atoms with Crippen molar-refractivity contribution in [2.45, 2.75) is 30.6 Å². The minimum absolute atomic E-state index is 0.115. The maximum absolute atomic E-state index is 12.8. The first-order chi connectivity index (χ1) is 14.1. The number of hydrogen-bond acceptors (Lipinski definition) is 6. The van der Waals surface area contributed by atoms with Gasteiger partial charge in [0.25, 0.3) is 5.56 Å². The Morgan fingerprint density at radius 2 is 2.17 bits per heavy atom. The Labute approximate surface area is 181 Å². The maximum Gasteiger partial charge on any atom is 0.417 e. The molecule has 0 saturated carbocycles. The average molecular weight is 475 g/mol. The van der Waals surface area contributed by atoms with E-state index in [1.54, 1.807) is 7.05 Å². The van der Waals surface area contributed by atoms with E-state index >= 15 is 0 Å². The minimum atomic E-state index is -4.58. The summed E-state index contributed by atoms with van der Waals surface area (Å²) in [4.78, 5) is 35.0. The molecule has 0 spiro atoms. The highest BCUT2D eigenvalue weighted by Crippen LogP contribution is 2.35. The van der Waals surface area contributed by atoms with Crippen LogP contribution in [0, 0.1) is 0 Å². The van der Waals surface area contributed by atoms with Crippen molar-refractivity contribution in [3.8, 4) is 0 Å². The van der Waals surface area contributed by atoms with Crippen LogP contribution in [0.15, 0.2) is 22.2 Å². The third kappa shape index (κ3) is 3.93.